The molecule has 0 fully saturated rings. The quantitative estimate of drug-likeness (QED) is 0.154. The molecular weight excluding hydrogens is 593 g/mol. The van der Waals surface area contributed by atoms with E-state index >= 15 is 0 Å². The molecule has 0 heterocycles. The van der Waals surface area contributed by atoms with Gasteiger partial charge in [-0.15, -0.1) is 0 Å². The van der Waals surface area contributed by atoms with Crippen LogP contribution in [0.2, 0.25) is 0 Å². The maximum Gasteiger partial charge on any atom is 0.394 e. The summed E-state index contributed by atoms with van der Waals surface area (Å²) in [5.41, 5.74) is 0. The molecule has 18 heteroatoms. The zero-order valence-corrected chi connectivity index (χ0v) is 16.7. The van der Waals surface area contributed by atoms with Crippen LogP contribution >= 0.6 is 0 Å². The molecular formula is H8Nd2O13S3. The Kier molecular flexibility index (Phi) is 32.2. The Balaban J connectivity index is -0.0000000277. The van der Waals surface area contributed by atoms with Crippen molar-refractivity contribution in [3.63, 3.8) is 0 Å². The van der Waals surface area contributed by atoms with Crippen LogP contribution in [0.5, 0.6) is 0 Å². The van der Waals surface area contributed by atoms with Gasteiger partial charge in [-0.3, -0.25) is 27.3 Å². The van der Waals surface area contributed by atoms with E-state index in [0.717, 1.165) is 0 Å². The van der Waals surface area contributed by atoms with Crippen molar-refractivity contribution in [1.82, 2.24) is 0 Å². The molecule has 13 nitrogen and oxygen atoms in total. The first-order chi connectivity index (χ1) is 6.00. The second-order valence-electron chi connectivity index (χ2n) is 1.34. The summed E-state index contributed by atoms with van der Waals surface area (Å²) in [6.45, 7) is 0. The van der Waals surface area contributed by atoms with Crippen LogP contribution in [0.25, 0.3) is 0 Å². The predicted molar refractivity (Wildman–Crippen MR) is 46.1 cm³/mol. The first kappa shape index (κ1) is 37.0. The summed E-state index contributed by atoms with van der Waals surface area (Å²) in [5.74, 6) is 0. The largest absolute Gasteiger partial charge is 0.412 e. The van der Waals surface area contributed by atoms with E-state index < -0.39 is 31.2 Å². The van der Waals surface area contributed by atoms with Gasteiger partial charge in [0, 0.05) is 81.7 Å². The van der Waals surface area contributed by atoms with Gasteiger partial charge in [0.15, 0.2) is 0 Å². The van der Waals surface area contributed by atoms with Crippen molar-refractivity contribution in [2.45, 2.75) is 0 Å². The minimum Gasteiger partial charge on any atom is -0.412 e. The third-order valence-electron chi connectivity index (χ3n) is 0. The Hall–Kier alpha value is 2.27. The summed E-state index contributed by atoms with van der Waals surface area (Å²) in [7, 11) is -14.0. The molecule has 0 bridgehead atoms. The van der Waals surface area contributed by atoms with Crippen LogP contribution in [0.3, 0.4) is 0 Å². The SMILES string of the molecule is O.O=S(=O)(O)O.O=S(=O)(O)O.O=S(=O)(O)O.[Nd].[Nd]. The van der Waals surface area contributed by atoms with E-state index in [-0.39, 0.29) is 87.2 Å². The molecule has 0 amide bonds. The molecule has 0 aromatic rings. The smallest absolute Gasteiger partial charge is 0.394 e. The molecule has 0 aliphatic rings. The normalized spacial score (nSPS) is 9.67. The van der Waals surface area contributed by atoms with Crippen molar-refractivity contribution in [3.05, 3.63) is 0 Å². The third kappa shape index (κ3) is 1060. The standard InChI is InChI=1S/2Nd.3H2O4S.H2O/c;;3*1-5(2,3)4;/h;;3*(H2,1,2,3,4);1H2. The first-order valence-corrected chi connectivity index (χ1v) is 6.29. The van der Waals surface area contributed by atoms with E-state index in [9.17, 15) is 0 Å². The van der Waals surface area contributed by atoms with Gasteiger partial charge in [0.2, 0.25) is 0 Å². The van der Waals surface area contributed by atoms with Crippen LogP contribution in [0.1, 0.15) is 0 Å². The Morgan fingerprint density at radius 3 is 0.444 bits per heavy atom. The van der Waals surface area contributed by atoms with Gasteiger partial charge in [0.25, 0.3) is 0 Å². The van der Waals surface area contributed by atoms with Gasteiger partial charge in [-0.2, -0.15) is 25.3 Å². The fourth-order valence-corrected chi connectivity index (χ4v) is 0. The topological polar surface area (TPSA) is 255 Å². The molecule has 0 radical (unpaired) electrons. The Morgan fingerprint density at radius 1 is 0.444 bits per heavy atom. The zero-order chi connectivity index (χ0) is 13.5. The second-order valence-corrected chi connectivity index (χ2v) is 4.03. The minimum absolute atomic E-state index is 0. The summed E-state index contributed by atoms with van der Waals surface area (Å²) in [4.78, 5) is 0. The van der Waals surface area contributed by atoms with Crippen molar-refractivity contribution < 1.29 is 140 Å². The van der Waals surface area contributed by atoms with E-state index in [1.54, 1.807) is 0 Å². The van der Waals surface area contributed by atoms with Crippen molar-refractivity contribution in [3.8, 4) is 0 Å². The summed E-state index contributed by atoms with van der Waals surface area (Å²) in [6.07, 6.45) is 0. The molecule has 0 unspecified atom stereocenters. The fraction of sp³-hybridized carbons (Fsp3) is 0. The van der Waals surface area contributed by atoms with Crippen LogP contribution in [0, 0.1) is 81.7 Å². The van der Waals surface area contributed by atoms with Gasteiger partial charge in [-0.25, -0.2) is 0 Å². The van der Waals surface area contributed by atoms with Crippen LogP contribution in [0.4, 0.5) is 0 Å². The molecule has 0 rings (SSSR count). The van der Waals surface area contributed by atoms with Crippen molar-refractivity contribution in [1.29, 1.82) is 0 Å². The minimum atomic E-state index is -4.67. The fourth-order valence-electron chi connectivity index (χ4n) is 0. The average Bonchev–Trinajstić information content (AvgIpc) is 1.41. The van der Waals surface area contributed by atoms with Crippen molar-refractivity contribution >= 4 is 31.2 Å². The van der Waals surface area contributed by atoms with Crippen LogP contribution in [0.15, 0.2) is 0 Å². The predicted octanol–water partition coefficient (Wildman–Crippen LogP) is -2.78. The first-order valence-electron chi connectivity index (χ1n) is 2.10. The van der Waals surface area contributed by atoms with Gasteiger partial charge in [-0.1, -0.05) is 0 Å². The Labute approximate surface area is 168 Å². The molecule has 8 N–H and O–H groups in total. The number of rotatable bonds is 0. The van der Waals surface area contributed by atoms with E-state index in [2.05, 4.69) is 0 Å². The van der Waals surface area contributed by atoms with E-state index in [1.807, 2.05) is 0 Å². The molecule has 0 aliphatic carbocycles. The van der Waals surface area contributed by atoms with Crippen molar-refractivity contribution in [2.24, 2.45) is 0 Å². The molecule has 112 valence electrons. The maximum absolute atomic E-state index is 8.74. The summed E-state index contributed by atoms with van der Waals surface area (Å²) < 4.78 is 94.8. The zero-order valence-electron chi connectivity index (χ0n) is 7.86. The van der Waals surface area contributed by atoms with Gasteiger partial charge in [0.1, 0.15) is 0 Å². The molecule has 18 heavy (non-hydrogen) atoms. The number of hydrogen-bond donors (Lipinski definition) is 6. The second kappa shape index (κ2) is 15.7. The van der Waals surface area contributed by atoms with E-state index in [4.69, 9.17) is 52.6 Å². The summed E-state index contributed by atoms with van der Waals surface area (Å²) >= 11 is 0. The van der Waals surface area contributed by atoms with Crippen LogP contribution in [-0.4, -0.2) is 58.0 Å². The van der Waals surface area contributed by atoms with Gasteiger partial charge in [-0.05, 0) is 0 Å². The molecule has 0 aromatic carbocycles. The molecule has 0 aliphatic heterocycles. The average molecular weight is 601 g/mol. The maximum atomic E-state index is 8.74. The molecule has 0 spiro atoms. The molecule has 0 saturated carbocycles. The van der Waals surface area contributed by atoms with Crippen LogP contribution in [-0.2, 0) is 31.2 Å². The number of hydrogen-bond acceptors (Lipinski definition) is 6. The van der Waals surface area contributed by atoms with Gasteiger partial charge >= 0.3 is 31.2 Å². The molecule has 0 saturated heterocycles. The van der Waals surface area contributed by atoms with E-state index in [0.29, 0.717) is 0 Å². The Bertz CT molecular complexity index is 341. The van der Waals surface area contributed by atoms with Gasteiger partial charge < -0.3 is 5.48 Å². The van der Waals surface area contributed by atoms with Crippen molar-refractivity contribution in [2.75, 3.05) is 0 Å². The van der Waals surface area contributed by atoms with E-state index in [1.165, 1.54) is 0 Å². The molecule has 0 atom stereocenters. The van der Waals surface area contributed by atoms with Gasteiger partial charge in [0.05, 0.1) is 0 Å². The van der Waals surface area contributed by atoms with Crippen LogP contribution < -0.4 is 0 Å². The monoisotopic (exact) mass is 596 g/mol. The Morgan fingerprint density at radius 2 is 0.444 bits per heavy atom. The molecule has 0 aromatic heterocycles. The summed E-state index contributed by atoms with van der Waals surface area (Å²) in [5, 5.41) is 0. The summed E-state index contributed by atoms with van der Waals surface area (Å²) in [6, 6.07) is 0. The third-order valence-corrected chi connectivity index (χ3v) is 0.